The summed E-state index contributed by atoms with van der Waals surface area (Å²) in [6.45, 7) is 7.75. The summed E-state index contributed by atoms with van der Waals surface area (Å²) in [5, 5.41) is 4.32. The lowest BCUT2D eigenvalue weighted by molar-refractivity contribution is -0.136. The van der Waals surface area contributed by atoms with Gasteiger partial charge in [0.1, 0.15) is 11.5 Å². The van der Waals surface area contributed by atoms with Crippen molar-refractivity contribution in [3.05, 3.63) is 64.2 Å². The lowest BCUT2D eigenvalue weighted by Crippen LogP contribution is -2.48. The van der Waals surface area contributed by atoms with E-state index in [0.717, 1.165) is 35.3 Å². The molecule has 0 spiro atoms. The lowest BCUT2D eigenvalue weighted by Gasteiger charge is -2.32. The van der Waals surface area contributed by atoms with Crippen LogP contribution in [0.3, 0.4) is 0 Å². The molecule has 0 radical (unpaired) electrons. The minimum absolute atomic E-state index is 0.0448. The third kappa shape index (κ3) is 6.60. The molecule has 4 rings (SSSR count). The van der Waals surface area contributed by atoms with E-state index in [0.29, 0.717) is 58.1 Å². The number of aromatic nitrogens is 1. The fraction of sp³-hybridized carbons (Fsp3) is 0.481. The highest BCUT2D eigenvalue weighted by atomic mass is 16.5. The standard InChI is InChI=1S/C27H35N3O5/c1-3-33-13-12-30-26-16-24(35-23-7-5-4-6-8-23)10-9-21(26)15-22(27(30)32)17-28-18-25-19-29(20(2)31)11-14-34-25/h4-5,7,9-10,15-16,25,28H,3,6,8,11-14,17-19H2,1-2H3. The van der Waals surface area contributed by atoms with E-state index in [-0.39, 0.29) is 17.6 Å². The maximum absolute atomic E-state index is 13.4. The third-order valence-electron chi connectivity index (χ3n) is 6.30. The van der Waals surface area contributed by atoms with E-state index in [2.05, 4.69) is 11.4 Å². The predicted octanol–water partition coefficient (Wildman–Crippen LogP) is 2.99. The minimum Gasteiger partial charge on any atom is -0.462 e. The smallest absolute Gasteiger partial charge is 0.255 e. The molecule has 1 amide bonds. The maximum Gasteiger partial charge on any atom is 0.255 e. The van der Waals surface area contributed by atoms with Gasteiger partial charge >= 0.3 is 0 Å². The highest BCUT2D eigenvalue weighted by Crippen LogP contribution is 2.24. The van der Waals surface area contributed by atoms with Crippen LogP contribution < -0.4 is 15.6 Å². The second kappa shape index (κ2) is 12.2. The van der Waals surface area contributed by atoms with E-state index in [1.807, 2.05) is 43.3 Å². The highest BCUT2D eigenvalue weighted by Gasteiger charge is 2.22. The average Bonchev–Trinajstić information content (AvgIpc) is 2.87. The number of nitrogens with one attached hydrogen (secondary N) is 1. The number of ether oxygens (including phenoxy) is 3. The molecule has 2 aliphatic rings. The molecule has 8 nitrogen and oxygen atoms in total. The summed E-state index contributed by atoms with van der Waals surface area (Å²) in [6.07, 6.45) is 7.85. The van der Waals surface area contributed by atoms with Crippen LogP contribution in [0.5, 0.6) is 5.75 Å². The fourth-order valence-electron chi connectivity index (χ4n) is 4.44. The number of allylic oxidation sites excluding steroid dienone is 4. The molecular formula is C27H35N3O5. The van der Waals surface area contributed by atoms with Crippen LogP contribution in [0, 0.1) is 0 Å². The predicted molar refractivity (Wildman–Crippen MR) is 135 cm³/mol. The SMILES string of the molecule is CCOCCn1c(=O)c(CNCC2CN(C(C)=O)CCO2)cc2ccc(OC3=CC=CCC3)cc21. The fourth-order valence-corrected chi connectivity index (χ4v) is 4.44. The van der Waals surface area contributed by atoms with Crippen LogP contribution in [-0.4, -0.2) is 60.9 Å². The van der Waals surface area contributed by atoms with Gasteiger partial charge in [-0.05, 0) is 43.0 Å². The van der Waals surface area contributed by atoms with Gasteiger partial charge in [0.2, 0.25) is 5.91 Å². The number of rotatable bonds is 10. The second-order valence-electron chi connectivity index (χ2n) is 8.83. The summed E-state index contributed by atoms with van der Waals surface area (Å²) in [5.74, 6) is 1.70. The molecule has 1 unspecified atom stereocenters. The normalized spacial score (nSPS) is 18.1. The molecule has 1 N–H and O–H groups in total. The van der Waals surface area contributed by atoms with Crippen molar-refractivity contribution in [2.24, 2.45) is 0 Å². The molecule has 1 aliphatic carbocycles. The number of hydrogen-bond acceptors (Lipinski definition) is 6. The molecule has 8 heteroatoms. The van der Waals surface area contributed by atoms with Gasteiger partial charge in [0.15, 0.2) is 0 Å². The van der Waals surface area contributed by atoms with E-state index >= 15 is 0 Å². The van der Waals surface area contributed by atoms with Crippen molar-refractivity contribution in [3.8, 4) is 5.75 Å². The molecule has 1 atom stereocenters. The third-order valence-corrected chi connectivity index (χ3v) is 6.30. The van der Waals surface area contributed by atoms with Crippen molar-refractivity contribution < 1.29 is 19.0 Å². The van der Waals surface area contributed by atoms with Gasteiger partial charge in [-0.15, -0.1) is 0 Å². The van der Waals surface area contributed by atoms with Crippen LogP contribution in [0.25, 0.3) is 10.9 Å². The summed E-state index contributed by atoms with van der Waals surface area (Å²) in [5.41, 5.74) is 1.47. The van der Waals surface area contributed by atoms with Crippen molar-refractivity contribution in [2.75, 3.05) is 39.5 Å². The van der Waals surface area contributed by atoms with Gasteiger partial charge < -0.3 is 29.0 Å². The first-order chi connectivity index (χ1) is 17.0. The average molecular weight is 482 g/mol. The number of fused-ring (bicyclic) bond motifs is 1. The molecule has 1 aromatic carbocycles. The van der Waals surface area contributed by atoms with Crippen LogP contribution in [0.4, 0.5) is 0 Å². The highest BCUT2D eigenvalue weighted by molar-refractivity contribution is 5.81. The molecular weight excluding hydrogens is 446 g/mol. The van der Waals surface area contributed by atoms with E-state index in [4.69, 9.17) is 14.2 Å². The number of nitrogens with zero attached hydrogens (tertiary/aromatic N) is 2. The Morgan fingerprint density at radius 1 is 1.29 bits per heavy atom. The summed E-state index contributed by atoms with van der Waals surface area (Å²) in [6, 6.07) is 7.82. The van der Waals surface area contributed by atoms with Gasteiger partial charge in [0.25, 0.3) is 5.56 Å². The molecule has 1 aromatic heterocycles. The van der Waals surface area contributed by atoms with E-state index in [1.165, 1.54) is 0 Å². The number of morpholine rings is 1. The molecule has 1 fully saturated rings. The summed E-state index contributed by atoms with van der Waals surface area (Å²) < 4.78 is 19.2. The summed E-state index contributed by atoms with van der Waals surface area (Å²) in [7, 11) is 0. The van der Waals surface area contributed by atoms with Gasteiger partial charge in [-0.3, -0.25) is 9.59 Å². The van der Waals surface area contributed by atoms with Crippen molar-refractivity contribution in [1.29, 1.82) is 0 Å². The Kier molecular flexibility index (Phi) is 8.74. The Bertz CT molecular complexity index is 1150. The van der Waals surface area contributed by atoms with E-state index in [1.54, 1.807) is 16.4 Å². The Labute approximate surface area is 206 Å². The lowest BCUT2D eigenvalue weighted by atomic mass is 10.1. The quantitative estimate of drug-likeness (QED) is 0.526. The Balaban J connectivity index is 1.52. The summed E-state index contributed by atoms with van der Waals surface area (Å²) >= 11 is 0. The van der Waals surface area contributed by atoms with Gasteiger partial charge in [0, 0.05) is 64.3 Å². The van der Waals surface area contributed by atoms with Crippen molar-refractivity contribution in [1.82, 2.24) is 14.8 Å². The Morgan fingerprint density at radius 2 is 2.17 bits per heavy atom. The Hall–Kier alpha value is -2.94. The molecule has 188 valence electrons. The largest absolute Gasteiger partial charge is 0.462 e. The molecule has 1 saturated heterocycles. The number of carbonyl (C=O) groups is 1. The van der Waals surface area contributed by atoms with Crippen LogP contribution in [-0.2, 0) is 27.4 Å². The number of hydrogen-bond donors (Lipinski definition) is 1. The number of benzene rings is 1. The molecule has 0 saturated carbocycles. The van der Waals surface area contributed by atoms with Gasteiger partial charge in [0.05, 0.1) is 24.8 Å². The maximum atomic E-state index is 13.4. The Morgan fingerprint density at radius 3 is 2.94 bits per heavy atom. The van der Waals surface area contributed by atoms with Crippen molar-refractivity contribution >= 4 is 16.8 Å². The molecule has 0 bridgehead atoms. The number of carbonyl (C=O) groups excluding carboxylic acids is 1. The molecule has 35 heavy (non-hydrogen) atoms. The summed E-state index contributed by atoms with van der Waals surface area (Å²) in [4.78, 5) is 26.9. The molecule has 1 aliphatic heterocycles. The first-order valence-corrected chi connectivity index (χ1v) is 12.4. The van der Waals surface area contributed by atoms with Crippen molar-refractivity contribution in [3.63, 3.8) is 0 Å². The zero-order valence-corrected chi connectivity index (χ0v) is 20.6. The monoisotopic (exact) mass is 481 g/mol. The van der Waals surface area contributed by atoms with Gasteiger partial charge in [-0.1, -0.05) is 12.2 Å². The minimum atomic E-state index is -0.0862. The number of amides is 1. The van der Waals surface area contributed by atoms with Crippen LogP contribution in [0.2, 0.25) is 0 Å². The zero-order valence-electron chi connectivity index (χ0n) is 20.6. The van der Waals surface area contributed by atoms with Crippen molar-refractivity contribution in [2.45, 2.75) is 45.9 Å². The van der Waals surface area contributed by atoms with E-state index in [9.17, 15) is 9.59 Å². The zero-order chi connectivity index (χ0) is 24.6. The van der Waals surface area contributed by atoms with Gasteiger partial charge in [-0.2, -0.15) is 0 Å². The van der Waals surface area contributed by atoms with Crippen LogP contribution >= 0.6 is 0 Å². The van der Waals surface area contributed by atoms with Crippen LogP contribution in [0.1, 0.15) is 32.3 Å². The molecule has 2 heterocycles. The number of pyridine rings is 1. The van der Waals surface area contributed by atoms with Gasteiger partial charge in [-0.25, -0.2) is 0 Å². The second-order valence-corrected chi connectivity index (χ2v) is 8.83. The molecule has 2 aromatic rings. The van der Waals surface area contributed by atoms with E-state index < -0.39 is 0 Å². The topological polar surface area (TPSA) is 82.0 Å². The van der Waals surface area contributed by atoms with Crippen LogP contribution in [0.15, 0.2) is 53.0 Å². The first-order valence-electron chi connectivity index (χ1n) is 12.4. The first kappa shape index (κ1) is 25.2.